The van der Waals surface area contributed by atoms with E-state index in [0.717, 1.165) is 17.7 Å². The highest BCUT2D eigenvalue weighted by Crippen LogP contribution is 2.22. The van der Waals surface area contributed by atoms with E-state index < -0.39 is 0 Å². The molecule has 4 heteroatoms. The third kappa shape index (κ3) is 4.40. The van der Waals surface area contributed by atoms with Crippen LogP contribution in [0, 0.1) is 0 Å². The number of carbonyl (C=O) groups is 1. The summed E-state index contributed by atoms with van der Waals surface area (Å²) in [6.45, 7) is 2.27. The molecule has 17 heavy (non-hydrogen) atoms. The van der Waals surface area contributed by atoms with Crippen LogP contribution in [0.1, 0.15) is 29.3 Å². The lowest BCUT2D eigenvalue weighted by atomic mass is 10.1. The van der Waals surface area contributed by atoms with E-state index in [1.807, 2.05) is 18.2 Å². The summed E-state index contributed by atoms with van der Waals surface area (Å²) in [7, 11) is 1.39. The van der Waals surface area contributed by atoms with Gasteiger partial charge in [-0.15, -0.1) is 0 Å². The Morgan fingerprint density at radius 1 is 1.47 bits per heavy atom. The molecule has 1 unspecified atom stereocenters. The highest BCUT2D eigenvalue weighted by atomic mass is 32.2. The SMILES string of the molecule is COC(=O)c1ccccc1CSC(C)CCO. The van der Waals surface area contributed by atoms with E-state index in [1.165, 1.54) is 7.11 Å². The maximum absolute atomic E-state index is 11.5. The predicted molar refractivity (Wildman–Crippen MR) is 70.2 cm³/mol. The van der Waals surface area contributed by atoms with E-state index in [-0.39, 0.29) is 12.6 Å². The summed E-state index contributed by atoms with van der Waals surface area (Å²) >= 11 is 1.73. The Balaban J connectivity index is 2.67. The van der Waals surface area contributed by atoms with Crippen LogP contribution in [-0.4, -0.2) is 30.0 Å². The van der Waals surface area contributed by atoms with Gasteiger partial charge < -0.3 is 9.84 Å². The number of aliphatic hydroxyl groups excluding tert-OH is 1. The van der Waals surface area contributed by atoms with Crippen LogP contribution in [0.15, 0.2) is 24.3 Å². The lowest BCUT2D eigenvalue weighted by molar-refractivity contribution is 0.0600. The molecule has 1 aromatic carbocycles. The number of ether oxygens (including phenoxy) is 1. The van der Waals surface area contributed by atoms with Gasteiger partial charge in [-0.1, -0.05) is 25.1 Å². The minimum absolute atomic E-state index is 0.201. The number of methoxy groups -OCH3 is 1. The largest absolute Gasteiger partial charge is 0.465 e. The summed E-state index contributed by atoms with van der Waals surface area (Å²) in [6.07, 6.45) is 0.769. The van der Waals surface area contributed by atoms with Crippen LogP contribution in [0.4, 0.5) is 0 Å². The average molecular weight is 254 g/mol. The molecule has 0 amide bonds. The van der Waals surface area contributed by atoms with Gasteiger partial charge in [0.2, 0.25) is 0 Å². The zero-order valence-electron chi connectivity index (χ0n) is 10.2. The minimum atomic E-state index is -0.295. The molecule has 0 aliphatic carbocycles. The third-order valence-corrected chi connectivity index (χ3v) is 3.76. The Kier molecular flexibility index (Phi) is 6.08. The molecule has 0 heterocycles. The number of carbonyl (C=O) groups excluding carboxylic acids is 1. The van der Waals surface area contributed by atoms with Crippen LogP contribution >= 0.6 is 11.8 Å². The summed E-state index contributed by atoms with van der Waals surface area (Å²) in [5, 5.41) is 9.21. The molecule has 0 saturated carbocycles. The normalized spacial score (nSPS) is 12.2. The Hall–Kier alpha value is -1.00. The zero-order valence-corrected chi connectivity index (χ0v) is 11.0. The Labute approximate surface area is 106 Å². The van der Waals surface area contributed by atoms with Gasteiger partial charge in [0, 0.05) is 17.6 Å². The van der Waals surface area contributed by atoms with Crippen molar-refractivity contribution in [3.63, 3.8) is 0 Å². The van der Waals surface area contributed by atoms with Gasteiger partial charge >= 0.3 is 5.97 Å². The molecular formula is C13H18O3S. The predicted octanol–water partition coefficient (Wildman–Crippen LogP) is 2.48. The van der Waals surface area contributed by atoms with Crippen LogP contribution < -0.4 is 0 Å². The minimum Gasteiger partial charge on any atom is -0.465 e. The molecule has 0 aromatic heterocycles. The zero-order chi connectivity index (χ0) is 12.7. The number of benzene rings is 1. The van der Waals surface area contributed by atoms with Crippen molar-refractivity contribution in [1.82, 2.24) is 0 Å². The average Bonchev–Trinajstić information content (AvgIpc) is 2.36. The van der Waals surface area contributed by atoms with E-state index in [0.29, 0.717) is 10.8 Å². The second kappa shape index (κ2) is 7.35. The molecule has 1 rings (SSSR count). The molecular weight excluding hydrogens is 236 g/mol. The van der Waals surface area contributed by atoms with Crippen molar-refractivity contribution in [2.75, 3.05) is 13.7 Å². The van der Waals surface area contributed by atoms with Crippen molar-refractivity contribution in [1.29, 1.82) is 0 Å². The van der Waals surface area contributed by atoms with Crippen molar-refractivity contribution < 1.29 is 14.6 Å². The maximum Gasteiger partial charge on any atom is 0.338 e. The summed E-state index contributed by atoms with van der Waals surface area (Å²) in [6, 6.07) is 7.46. The highest BCUT2D eigenvalue weighted by molar-refractivity contribution is 7.99. The molecule has 1 N–H and O–H groups in total. The number of esters is 1. The van der Waals surface area contributed by atoms with Crippen molar-refractivity contribution in [3.8, 4) is 0 Å². The van der Waals surface area contributed by atoms with Gasteiger partial charge in [0.1, 0.15) is 0 Å². The first-order valence-corrected chi connectivity index (χ1v) is 6.62. The quantitative estimate of drug-likeness (QED) is 0.792. The van der Waals surface area contributed by atoms with E-state index >= 15 is 0 Å². The second-order valence-electron chi connectivity index (χ2n) is 3.78. The lowest BCUT2D eigenvalue weighted by Crippen LogP contribution is -2.06. The number of aliphatic hydroxyl groups is 1. The summed E-state index contributed by atoms with van der Waals surface area (Å²) in [5.41, 5.74) is 1.60. The topological polar surface area (TPSA) is 46.5 Å². The number of hydrogen-bond acceptors (Lipinski definition) is 4. The molecule has 0 fully saturated rings. The van der Waals surface area contributed by atoms with Gasteiger partial charge in [0.15, 0.2) is 0 Å². The monoisotopic (exact) mass is 254 g/mol. The van der Waals surface area contributed by atoms with E-state index in [4.69, 9.17) is 9.84 Å². The first kappa shape index (κ1) is 14.1. The molecule has 0 bridgehead atoms. The lowest BCUT2D eigenvalue weighted by Gasteiger charge is -2.11. The second-order valence-corrected chi connectivity index (χ2v) is 5.21. The fourth-order valence-electron chi connectivity index (χ4n) is 1.45. The summed E-state index contributed by atoms with van der Waals surface area (Å²) in [4.78, 5) is 11.5. The maximum atomic E-state index is 11.5. The molecule has 1 atom stereocenters. The van der Waals surface area contributed by atoms with Crippen molar-refractivity contribution in [2.45, 2.75) is 24.3 Å². The van der Waals surface area contributed by atoms with Crippen LogP contribution in [0.25, 0.3) is 0 Å². The van der Waals surface area contributed by atoms with Crippen molar-refractivity contribution >= 4 is 17.7 Å². The molecule has 94 valence electrons. The number of rotatable bonds is 6. The Morgan fingerprint density at radius 3 is 2.82 bits per heavy atom. The number of hydrogen-bond donors (Lipinski definition) is 1. The van der Waals surface area contributed by atoms with Crippen molar-refractivity contribution in [2.24, 2.45) is 0 Å². The molecule has 0 radical (unpaired) electrons. The van der Waals surface area contributed by atoms with Crippen LogP contribution in [0.5, 0.6) is 0 Å². The smallest absolute Gasteiger partial charge is 0.338 e. The van der Waals surface area contributed by atoms with Gasteiger partial charge in [-0.05, 0) is 18.1 Å². The first-order chi connectivity index (χ1) is 8.19. The van der Waals surface area contributed by atoms with Crippen LogP contribution in [0.2, 0.25) is 0 Å². The van der Waals surface area contributed by atoms with Gasteiger partial charge in [-0.3, -0.25) is 0 Å². The van der Waals surface area contributed by atoms with E-state index in [2.05, 4.69) is 6.92 Å². The standard InChI is InChI=1S/C13H18O3S/c1-10(7-8-14)17-9-11-5-3-4-6-12(11)13(15)16-2/h3-6,10,14H,7-9H2,1-2H3. The summed E-state index contributed by atoms with van der Waals surface area (Å²) in [5.74, 6) is 0.461. The Bertz CT molecular complexity index is 365. The van der Waals surface area contributed by atoms with Gasteiger partial charge in [0.05, 0.1) is 12.7 Å². The van der Waals surface area contributed by atoms with Crippen molar-refractivity contribution in [3.05, 3.63) is 35.4 Å². The molecule has 0 saturated heterocycles. The number of thioether (sulfide) groups is 1. The van der Waals surface area contributed by atoms with E-state index in [9.17, 15) is 4.79 Å². The molecule has 0 aliphatic heterocycles. The Morgan fingerprint density at radius 2 is 2.18 bits per heavy atom. The first-order valence-electron chi connectivity index (χ1n) is 5.57. The highest BCUT2D eigenvalue weighted by Gasteiger charge is 2.11. The molecule has 1 aromatic rings. The van der Waals surface area contributed by atoms with E-state index in [1.54, 1.807) is 17.8 Å². The molecule has 0 spiro atoms. The fourth-order valence-corrected chi connectivity index (χ4v) is 2.44. The fraction of sp³-hybridized carbons (Fsp3) is 0.462. The van der Waals surface area contributed by atoms with Crippen LogP contribution in [-0.2, 0) is 10.5 Å². The van der Waals surface area contributed by atoms with Gasteiger partial charge in [-0.2, -0.15) is 11.8 Å². The summed E-state index contributed by atoms with van der Waals surface area (Å²) < 4.78 is 4.74. The third-order valence-electron chi connectivity index (χ3n) is 2.48. The molecule has 0 aliphatic rings. The van der Waals surface area contributed by atoms with Crippen LogP contribution in [0.3, 0.4) is 0 Å². The van der Waals surface area contributed by atoms with Gasteiger partial charge in [0.25, 0.3) is 0 Å². The molecule has 3 nitrogen and oxygen atoms in total. The van der Waals surface area contributed by atoms with Gasteiger partial charge in [-0.25, -0.2) is 4.79 Å².